The molecule has 2 saturated heterocycles. The van der Waals surface area contributed by atoms with Crippen molar-refractivity contribution in [1.29, 1.82) is 0 Å². The predicted octanol–water partition coefficient (Wildman–Crippen LogP) is 3.73. The van der Waals surface area contributed by atoms with Crippen molar-refractivity contribution in [3.8, 4) is 0 Å². The third-order valence-corrected chi connectivity index (χ3v) is 5.70. The van der Waals surface area contributed by atoms with Crippen molar-refractivity contribution in [2.45, 2.75) is 26.7 Å². The third-order valence-electron chi connectivity index (χ3n) is 5.42. The molecule has 1 N–H and O–H groups in total. The Kier molecular flexibility index (Phi) is 5.20. The van der Waals surface area contributed by atoms with Crippen molar-refractivity contribution in [1.82, 2.24) is 5.32 Å². The number of benzene rings is 2. The molecule has 2 aromatic carbocycles. The number of hydrogen-bond donors (Lipinski definition) is 1. The maximum absolute atomic E-state index is 13.1. The zero-order valence-electron chi connectivity index (χ0n) is 16.6. The van der Waals surface area contributed by atoms with Gasteiger partial charge in [-0.25, -0.2) is 0 Å². The van der Waals surface area contributed by atoms with Gasteiger partial charge in [-0.3, -0.25) is 19.8 Å². The van der Waals surface area contributed by atoms with Crippen LogP contribution in [-0.2, 0) is 9.59 Å². The van der Waals surface area contributed by atoms with Gasteiger partial charge in [-0.05, 0) is 80.4 Å². The number of carbonyl (C=O) groups is 2. The molecule has 0 aromatic heterocycles. The fourth-order valence-corrected chi connectivity index (χ4v) is 4.02. The van der Waals surface area contributed by atoms with Crippen LogP contribution >= 0.6 is 12.2 Å². The molecule has 0 radical (unpaired) electrons. The highest BCUT2D eigenvalue weighted by Gasteiger charge is 2.34. The second-order valence-corrected chi connectivity index (χ2v) is 7.92. The molecule has 0 spiro atoms. The molecule has 0 unspecified atom stereocenters. The van der Waals surface area contributed by atoms with Gasteiger partial charge in [-0.15, -0.1) is 0 Å². The van der Waals surface area contributed by atoms with Crippen LogP contribution < -0.4 is 15.1 Å². The summed E-state index contributed by atoms with van der Waals surface area (Å²) in [5, 5.41) is 2.74. The van der Waals surface area contributed by atoms with E-state index in [9.17, 15) is 9.59 Å². The number of hydrogen-bond acceptors (Lipinski definition) is 4. The van der Waals surface area contributed by atoms with Crippen LogP contribution in [0.3, 0.4) is 0 Å². The number of amides is 2. The Morgan fingerprint density at radius 2 is 1.62 bits per heavy atom. The van der Waals surface area contributed by atoms with Crippen LogP contribution in [0.5, 0.6) is 0 Å². The molecule has 0 aliphatic carbocycles. The SMILES string of the molecule is Cc1ccc(N2C(=O)/C(=C/c3ccc(N4CCCC4)cc3C)C(=O)NC2=S)cc1. The van der Waals surface area contributed by atoms with Crippen molar-refractivity contribution >= 4 is 46.6 Å². The number of anilines is 2. The summed E-state index contributed by atoms with van der Waals surface area (Å²) in [5.41, 5.74) is 4.86. The second kappa shape index (κ2) is 7.79. The Morgan fingerprint density at radius 3 is 2.28 bits per heavy atom. The average molecular weight is 406 g/mol. The van der Waals surface area contributed by atoms with Gasteiger partial charge in [0.1, 0.15) is 5.57 Å². The van der Waals surface area contributed by atoms with Crippen LogP contribution in [0.1, 0.15) is 29.5 Å². The molecule has 2 aliphatic rings. The number of rotatable bonds is 3. The fraction of sp³-hybridized carbons (Fsp3) is 0.261. The van der Waals surface area contributed by atoms with Gasteiger partial charge in [0, 0.05) is 18.8 Å². The monoisotopic (exact) mass is 405 g/mol. The molecule has 0 bridgehead atoms. The van der Waals surface area contributed by atoms with Crippen molar-refractivity contribution in [3.05, 3.63) is 64.7 Å². The lowest BCUT2D eigenvalue weighted by Crippen LogP contribution is -2.54. The Bertz CT molecular complexity index is 1020. The van der Waals surface area contributed by atoms with Crippen molar-refractivity contribution in [2.75, 3.05) is 22.9 Å². The molecule has 2 fully saturated rings. The number of carbonyl (C=O) groups excluding carboxylic acids is 2. The zero-order chi connectivity index (χ0) is 20.5. The molecule has 29 heavy (non-hydrogen) atoms. The lowest BCUT2D eigenvalue weighted by Gasteiger charge is -2.29. The minimum atomic E-state index is -0.466. The highest BCUT2D eigenvalue weighted by atomic mass is 32.1. The first-order chi connectivity index (χ1) is 13.9. The summed E-state index contributed by atoms with van der Waals surface area (Å²) in [6.07, 6.45) is 4.09. The molecular formula is C23H23N3O2S. The van der Waals surface area contributed by atoms with Gasteiger partial charge < -0.3 is 4.90 Å². The summed E-state index contributed by atoms with van der Waals surface area (Å²) in [6.45, 7) is 6.12. The lowest BCUT2D eigenvalue weighted by atomic mass is 10.0. The fourth-order valence-electron chi connectivity index (χ4n) is 3.74. The van der Waals surface area contributed by atoms with E-state index in [0.717, 1.165) is 29.8 Å². The van der Waals surface area contributed by atoms with Gasteiger partial charge in [0.2, 0.25) is 0 Å². The van der Waals surface area contributed by atoms with E-state index in [1.54, 1.807) is 6.08 Å². The first kappa shape index (κ1) is 19.3. The topological polar surface area (TPSA) is 52.7 Å². The summed E-state index contributed by atoms with van der Waals surface area (Å²) < 4.78 is 0. The van der Waals surface area contributed by atoms with Crippen LogP contribution in [0.15, 0.2) is 48.0 Å². The Hall–Kier alpha value is -2.99. The smallest absolute Gasteiger partial charge is 0.270 e. The van der Waals surface area contributed by atoms with E-state index in [4.69, 9.17) is 12.2 Å². The summed E-state index contributed by atoms with van der Waals surface area (Å²) in [7, 11) is 0. The standard InChI is InChI=1S/C23H23N3O2S/c1-15-5-8-18(9-6-15)26-22(28)20(21(27)24-23(26)29)14-17-7-10-19(13-16(17)2)25-11-3-4-12-25/h5-10,13-14H,3-4,11-12H2,1-2H3,(H,24,27,29)/b20-14+. The molecule has 2 aliphatic heterocycles. The van der Waals surface area contributed by atoms with E-state index in [1.165, 1.54) is 23.4 Å². The Labute approximate surface area is 176 Å². The summed E-state index contributed by atoms with van der Waals surface area (Å²) in [5.74, 6) is -0.878. The maximum atomic E-state index is 13.1. The Balaban J connectivity index is 1.66. The number of aryl methyl sites for hydroxylation is 2. The summed E-state index contributed by atoms with van der Waals surface area (Å²) in [4.78, 5) is 29.4. The first-order valence-corrected chi connectivity index (χ1v) is 10.2. The Morgan fingerprint density at radius 1 is 0.966 bits per heavy atom. The van der Waals surface area contributed by atoms with Gasteiger partial charge >= 0.3 is 0 Å². The minimum absolute atomic E-state index is 0.0798. The van der Waals surface area contributed by atoms with Crippen LogP contribution in [0.4, 0.5) is 11.4 Å². The van der Waals surface area contributed by atoms with E-state index in [-0.39, 0.29) is 10.7 Å². The van der Waals surface area contributed by atoms with Crippen LogP contribution in [-0.4, -0.2) is 30.0 Å². The second-order valence-electron chi connectivity index (χ2n) is 7.53. The van der Waals surface area contributed by atoms with E-state index >= 15 is 0 Å². The van der Waals surface area contributed by atoms with Gasteiger partial charge in [0.25, 0.3) is 11.8 Å². The van der Waals surface area contributed by atoms with E-state index in [0.29, 0.717) is 5.69 Å². The molecule has 6 heteroatoms. The quantitative estimate of drug-likeness (QED) is 0.480. The molecular weight excluding hydrogens is 382 g/mol. The summed E-state index contributed by atoms with van der Waals surface area (Å²) >= 11 is 5.26. The van der Waals surface area contributed by atoms with E-state index in [1.807, 2.05) is 44.2 Å². The highest BCUT2D eigenvalue weighted by Crippen LogP contribution is 2.26. The molecule has 148 valence electrons. The molecule has 2 amide bonds. The van der Waals surface area contributed by atoms with Crippen LogP contribution in [0.2, 0.25) is 0 Å². The maximum Gasteiger partial charge on any atom is 0.270 e. The summed E-state index contributed by atoms with van der Waals surface area (Å²) in [6, 6.07) is 13.6. The highest BCUT2D eigenvalue weighted by molar-refractivity contribution is 7.80. The molecule has 5 nitrogen and oxygen atoms in total. The molecule has 0 saturated carbocycles. The van der Waals surface area contributed by atoms with Crippen molar-refractivity contribution in [2.24, 2.45) is 0 Å². The van der Waals surface area contributed by atoms with Crippen LogP contribution in [0.25, 0.3) is 6.08 Å². The lowest BCUT2D eigenvalue weighted by molar-refractivity contribution is -0.122. The molecule has 2 aromatic rings. The van der Waals surface area contributed by atoms with Crippen molar-refractivity contribution < 1.29 is 9.59 Å². The number of nitrogens with zero attached hydrogens (tertiary/aromatic N) is 2. The average Bonchev–Trinajstić information content (AvgIpc) is 3.22. The van der Waals surface area contributed by atoms with Gasteiger partial charge in [0.05, 0.1) is 5.69 Å². The van der Waals surface area contributed by atoms with E-state index < -0.39 is 11.8 Å². The van der Waals surface area contributed by atoms with E-state index in [2.05, 4.69) is 22.3 Å². The zero-order valence-corrected chi connectivity index (χ0v) is 17.4. The number of thiocarbonyl (C=S) groups is 1. The van der Waals surface area contributed by atoms with Gasteiger partial charge in [-0.2, -0.15) is 0 Å². The molecule has 2 heterocycles. The minimum Gasteiger partial charge on any atom is -0.372 e. The third kappa shape index (κ3) is 3.80. The van der Waals surface area contributed by atoms with Crippen LogP contribution in [0, 0.1) is 13.8 Å². The first-order valence-electron chi connectivity index (χ1n) is 9.78. The van der Waals surface area contributed by atoms with Gasteiger partial charge in [-0.1, -0.05) is 23.8 Å². The predicted molar refractivity (Wildman–Crippen MR) is 120 cm³/mol. The molecule has 4 rings (SSSR count). The normalized spacial score (nSPS) is 18.6. The molecule has 0 atom stereocenters. The van der Waals surface area contributed by atoms with Crippen molar-refractivity contribution in [3.63, 3.8) is 0 Å². The number of nitrogens with one attached hydrogen (secondary N) is 1. The largest absolute Gasteiger partial charge is 0.372 e. The van der Waals surface area contributed by atoms with Gasteiger partial charge in [0.15, 0.2) is 5.11 Å².